The Bertz CT molecular complexity index is 606. The number of ether oxygens (including phenoxy) is 1. The molecule has 0 atom stereocenters. The predicted molar refractivity (Wildman–Crippen MR) is 69.1 cm³/mol. The molecule has 1 fully saturated rings. The van der Waals surface area contributed by atoms with Gasteiger partial charge in [-0.1, -0.05) is 6.42 Å². The molecule has 0 amide bonds. The van der Waals surface area contributed by atoms with Crippen LogP contribution < -0.4 is 4.74 Å². The van der Waals surface area contributed by atoms with E-state index >= 15 is 0 Å². The second-order valence-corrected chi connectivity index (χ2v) is 4.87. The van der Waals surface area contributed by atoms with Crippen molar-refractivity contribution < 1.29 is 9.84 Å². The van der Waals surface area contributed by atoms with Crippen LogP contribution in [0.4, 0.5) is 0 Å². The van der Waals surface area contributed by atoms with Gasteiger partial charge in [-0.05, 0) is 37.5 Å². The number of benzene rings is 1. The molecule has 18 heavy (non-hydrogen) atoms. The summed E-state index contributed by atoms with van der Waals surface area (Å²) >= 11 is 0. The maximum Gasteiger partial charge on any atom is 0.222 e. The van der Waals surface area contributed by atoms with E-state index in [2.05, 4.69) is 9.97 Å². The van der Waals surface area contributed by atoms with Gasteiger partial charge >= 0.3 is 0 Å². The number of aromatic hydroxyl groups is 1. The Morgan fingerprint density at radius 2 is 2.06 bits per heavy atom. The maximum absolute atomic E-state index is 10.0. The van der Waals surface area contributed by atoms with Gasteiger partial charge < -0.3 is 9.84 Å². The molecule has 0 aliphatic heterocycles. The Kier molecular flexibility index (Phi) is 2.58. The molecule has 0 bridgehead atoms. The Morgan fingerprint density at radius 1 is 1.28 bits per heavy atom. The Labute approximate surface area is 106 Å². The van der Waals surface area contributed by atoms with Crippen molar-refractivity contribution in [2.24, 2.45) is 0 Å². The molecule has 3 rings (SSSR count). The van der Waals surface area contributed by atoms with Gasteiger partial charge in [-0.2, -0.15) is 4.98 Å². The van der Waals surface area contributed by atoms with Crippen molar-refractivity contribution in [3.05, 3.63) is 23.5 Å². The van der Waals surface area contributed by atoms with Crippen molar-refractivity contribution in [2.75, 3.05) is 7.11 Å². The Balaban J connectivity index is 2.17. The summed E-state index contributed by atoms with van der Waals surface area (Å²) in [5.74, 6) is 2.00. The Hall–Kier alpha value is -1.84. The summed E-state index contributed by atoms with van der Waals surface area (Å²) in [5, 5.41) is 10.7. The molecule has 0 saturated heterocycles. The standard InChI is InChI=1S/C14H16N2O2/c1-8-6-11-10(7-12(8)18-2)14(17)16-13(15-11)9-4-3-5-9/h6-7,9H,3-5H2,1-2H3,(H,15,16,17). The smallest absolute Gasteiger partial charge is 0.222 e. The van der Waals surface area contributed by atoms with Crippen molar-refractivity contribution in [3.63, 3.8) is 0 Å². The topological polar surface area (TPSA) is 55.2 Å². The van der Waals surface area contributed by atoms with Gasteiger partial charge in [0.2, 0.25) is 5.88 Å². The lowest BCUT2D eigenvalue weighted by Gasteiger charge is -2.24. The minimum atomic E-state index is 0.0557. The lowest BCUT2D eigenvalue weighted by molar-refractivity contribution is 0.390. The highest BCUT2D eigenvalue weighted by Crippen LogP contribution is 2.37. The van der Waals surface area contributed by atoms with E-state index in [1.54, 1.807) is 13.2 Å². The van der Waals surface area contributed by atoms with Crippen LogP contribution in [0.2, 0.25) is 0 Å². The zero-order valence-corrected chi connectivity index (χ0v) is 10.6. The fraction of sp³-hybridized carbons (Fsp3) is 0.429. The first-order valence-electron chi connectivity index (χ1n) is 6.24. The minimum Gasteiger partial charge on any atom is -0.496 e. The summed E-state index contributed by atoms with van der Waals surface area (Å²) in [4.78, 5) is 8.78. The minimum absolute atomic E-state index is 0.0557. The SMILES string of the molecule is COc1cc2c(O)nc(C3CCC3)nc2cc1C. The number of methoxy groups -OCH3 is 1. The molecule has 94 valence electrons. The van der Waals surface area contributed by atoms with Crippen molar-refractivity contribution in [2.45, 2.75) is 32.1 Å². The van der Waals surface area contributed by atoms with Crippen LogP contribution in [0.1, 0.15) is 36.6 Å². The van der Waals surface area contributed by atoms with E-state index in [9.17, 15) is 5.11 Å². The Morgan fingerprint density at radius 3 is 2.67 bits per heavy atom. The molecular formula is C14H16N2O2. The van der Waals surface area contributed by atoms with E-state index in [-0.39, 0.29) is 5.88 Å². The number of rotatable bonds is 2. The van der Waals surface area contributed by atoms with Gasteiger partial charge in [0.05, 0.1) is 18.0 Å². The summed E-state index contributed by atoms with van der Waals surface area (Å²) in [7, 11) is 1.62. The van der Waals surface area contributed by atoms with Gasteiger partial charge in [0.15, 0.2) is 0 Å². The molecular weight excluding hydrogens is 228 g/mol. The third kappa shape index (κ3) is 1.68. The molecule has 1 aromatic carbocycles. The summed E-state index contributed by atoms with van der Waals surface area (Å²) in [5.41, 5.74) is 1.81. The van der Waals surface area contributed by atoms with E-state index in [4.69, 9.17) is 4.74 Å². The van der Waals surface area contributed by atoms with Crippen LogP contribution in [0.25, 0.3) is 10.9 Å². The molecule has 0 spiro atoms. The number of aromatic nitrogens is 2. The first-order chi connectivity index (χ1) is 8.69. The first kappa shape index (κ1) is 11.3. The number of aryl methyl sites for hydroxylation is 1. The lowest BCUT2D eigenvalue weighted by Crippen LogP contribution is -2.12. The molecule has 4 heteroatoms. The van der Waals surface area contributed by atoms with Gasteiger partial charge in [-0.15, -0.1) is 0 Å². The van der Waals surface area contributed by atoms with Crippen LogP contribution in [-0.4, -0.2) is 22.2 Å². The normalized spacial score (nSPS) is 15.7. The van der Waals surface area contributed by atoms with E-state index in [0.29, 0.717) is 11.3 Å². The van der Waals surface area contributed by atoms with E-state index in [1.165, 1.54) is 6.42 Å². The van der Waals surface area contributed by atoms with E-state index in [0.717, 1.165) is 35.5 Å². The summed E-state index contributed by atoms with van der Waals surface area (Å²) in [6, 6.07) is 3.74. The van der Waals surface area contributed by atoms with Crippen molar-refractivity contribution >= 4 is 10.9 Å². The molecule has 1 heterocycles. The number of nitrogens with zero attached hydrogens (tertiary/aromatic N) is 2. The van der Waals surface area contributed by atoms with E-state index < -0.39 is 0 Å². The quantitative estimate of drug-likeness (QED) is 0.882. The van der Waals surface area contributed by atoms with Crippen LogP contribution in [0, 0.1) is 6.92 Å². The van der Waals surface area contributed by atoms with Crippen LogP contribution >= 0.6 is 0 Å². The molecule has 2 aromatic rings. The zero-order chi connectivity index (χ0) is 12.7. The molecule has 1 aromatic heterocycles. The maximum atomic E-state index is 10.0. The molecule has 0 radical (unpaired) electrons. The molecule has 1 aliphatic carbocycles. The number of hydrogen-bond acceptors (Lipinski definition) is 4. The third-order valence-electron chi connectivity index (χ3n) is 3.68. The molecule has 1 aliphatic rings. The third-order valence-corrected chi connectivity index (χ3v) is 3.68. The van der Waals surface area contributed by atoms with Crippen LogP contribution in [0.5, 0.6) is 11.6 Å². The largest absolute Gasteiger partial charge is 0.496 e. The van der Waals surface area contributed by atoms with Gasteiger partial charge in [0, 0.05) is 5.92 Å². The van der Waals surface area contributed by atoms with Gasteiger partial charge in [-0.3, -0.25) is 0 Å². The van der Waals surface area contributed by atoms with Gasteiger partial charge in [0.1, 0.15) is 11.6 Å². The molecule has 1 saturated carbocycles. The number of hydrogen-bond donors (Lipinski definition) is 1. The molecule has 1 N–H and O–H groups in total. The summed E-state index contributed by atoms with van der Waals surface area (Å²) < 4.78 is 5.25. The summed E-state index contributed by atoms with van der Waals surface area (Å²) in [6.45, 7) is 1.97. The second kappa shape index (κ2) is 4.12. The zero-order valence-electron chi connectivity index (χ0n) is 10.6. The van der Waals surface area contributed by atoms with E-state index in [1.807, 2.05) is 13.0 Å². The highest BCUT2D eigenvalue weighted by molar-refractivity contribution is 5.85. The highest BCUT2D eigenvalue weighted by Gasteiger charge is 2.23. The molecule has 0 unspecified atom stereocenters. The summed E-state index contributed by atoms with van der Waals surface area (Å²) in [6.07, 6.45) is 3.48. The monoisotopic (exact) mass is 244 g/mol. The highest BCUT2D eigenvalue weighted by atomic mass is 16.5. The van der Waals surface area contributed by atoms with Crippen LogP contribution in [0.15, 0.2) is 12.1 Å². The van der Waals surface area contributed by atoms with Crippen molar-refractivity contribution in [1.29, 1.82) is 0 Å². The van der Waals surface area contributed by atoms with Crippen molar-refractivity contribution in [3.8, 4) is 11.6 Å². The second-order valence-electron chi connectivity index (χ2n) is 4.87. The first-order valence-corrected chi connectivity index (χ1v) is 6.24. The van der Waals surface area contributed by atoms with Gasteiger partial charge in [0.25, 0.3) is 0 Å². The fourth-order valence-electron chi connectivity index (χ4n) is 2.33. The lowest BCUT2D eigenvalue weighted by atomic mass is 9.85. The molecule has 4 nitrogen and oxygen atoms in total. The average Bonchev–Trinajstić information content (AvgIpc) is 2.25. The van der Waals surface area contributed by atoms with Gasteiger partial charge in [-0.25, -0.2) is 4.98 Å². The fourth-order valence-corrected chi connectivity index (χ4v) is 2.33. The van der Waals surface area contributed by atoms with Crippen LogP contribution in [-0.2, 0) is 0 Å². The predicted octanol–water partition coefficient (Wildman–Crippen LogP) is 2.92. The average molecular weight is 244 g/mol. The number of fused-ring (bicyclic) bond motifs is 1. The van der Waals surface area contributed by atoms with Crippen LogP contribution in [0.3, 0.4) is 0 Å². The van der Waals surface area contributed by atoms with Crippen molar-refractivity contribution in [1.82, 2.24) is 9.97 Å².